The van der Waals surface area contributed by atoms with Crippen molar-refractivity contribution in [2.24, 2.45) is 4.99 Å². The fourth-order valence-electron chi connectivity index (χ4n) is 3.38. The Bertz CT molecular complexity index is 898. The minimum atomic E-state index is -0.742. The molecule has 1 fully saturated rings. The summed E-state index contributed by atoms with van der Waals surface area (Å²) in [5.74, 6) is 0.434. The molecule has 2 aliphatic heterocycles. The molecular formula is C19H21N5O2S. The topological polar surface area (TPSA) is 77.9 Å². The second kappa shape index (κ2) is 6.77. The van der Waals surface area contributed by atoms with Crippen LogP contribution in [0, 0.1) is 0 Å². The summed E-state index contributed by atoms with van der Waals surface area (Å²) in [7, 11) is 3.70. The fraction of sp³-hybridized carbons (Fsp3) is 0.368. The standard InChI is InChI=1S/C19H21N5O2S/c1-23(2)18-21-17(26)19(22-18)8-10-24(11-9-19)16(25)14-12-27-15(20-14)13-6-4-3-5-7-13/h3-7,12H,8-11H2,1-2H3,(H,21,22,26). The van der Waals surface area contributed by atoms with E-state index in [0.29, 0.717) is 37.6 Å². The van der Waals surface area contributed by atoms with Gasteiger partial charge in [0, 0.05) is 38.1 Å². The minimum absolute atomic E-state index is 0.0710. The van der Waals surface area contributed by atoms with E-state index in [0.717, 1.165) is 10.6 Å². The van der Waals surface area contributed by atoms with Gasteiger partial charge in [-0.2, -0.15) is 0 Å². The first-order valence-electron chi connectivity index (χ1n) is 8.87. The van der Waals surface area contributed by atoms with Crippen LogP contribution in [0.15, 0.2) is 40.7 Å². The SMILES string of the molecule is CN(C)C1=NC2(CCN(C(=O)c3csc(-c4ccccc4)n3)CC2)C(=O)N1. The molecule has 27 heavy (non-hydrogen) atoms. The van der Waals surface area contributed by atoms with Gasteiger partial charge in [-0.25, -0.2) is 9.98 Å². The molecule has 0 radical (unpaired) electrons. The van der Waals surface area contributed by atoms with Crippen LogP contribution in [0.2, 0.25) is 0 Å². The Kier molecular flexibility index (Phi) is 4.43. The number of hydrogen-bond acceptors (Lipinski definition) is 6. The highest BCUT2D eigenvalue weighted by Gasteiger charge is 2.47. The van der Waals surface area contributed by atoms with Crippen LogP contribution < -0.4 is 5.32 Å². The Morgan fingerprint density at radius 3 is 2.56 bits per heavy atom. The number of benzene rings is 1. The maximum Gasteiger partial charge on any atom is 0.273 e. The molecule has 4 rings (SSSR count). The summed E-state index contributed by atoms with van der Waals surface area (Å²) in [6.07, 6.45) is 1.05. The molecule has 0 atom stereocenters. The van der Waals surface area contributed by atoms with Gasteiger partial charge in [0.1, 0.15) is 16.2 Å². The summed E-state index contributed by atoms with van der Waals surface area (Å²) in [6, 6.07) is 9.83. The third-order valence-corrected chi connectivity index (χ3v) is 5.90. The van der Waals surface area contributed by atoms with Crippen LogP contribution in [0.3, 0.4) is 0 Å². The van der Waals surface area contributed by atoms with Gasteiger partial charge in [-0.3, -0.25) is 14.9 Å². The summed E-state index contributed by atoms with van der Waals surface area (Å²) in [5, 5.41) is 5.48. The van der Waals surface area contributed by atoms with Crippen molar-refractivity contribution in [2.75, 3.05) is 27.2 Å². The molecule has 0 aliphatic carbocycles. The van der Waals surface area contributed by atoms with Crippen molar-refractivity contribution in [3.05, 3.63) is 41.4 Å². The molecule has 1 aromatic heterocycles. The molecule has 140 valence electrons. The summed E-state index contributed by atoms with van der Waals surface area (Å²) in [4.78, 5) is 37.9. The predicted molar refractivity (Wildman–Crippen MR) is 105 cm³/mol. The average Bonchev–Trinajstić information content (AvgIpc) is 3.29. The van der Waals surface area contributed by atoms with Gasteiger partial charge in [0.05, 0.1) is 0 Å². The van der Waals surface area contributed by atoms with E-state index in [9.17, 15) is 9.59 Å². The number of guanidine groups is 1. The van der Waals surface area contributed by atoms with Gasteiger partial charge in [-0.1, -0.05) is 30.3 Å². The summed E-state index contributed by atoms with van der Waals surface area (Å²) in [5.41, 5.74) is 0.726. The second-order valence-electron chi connectivity index (χ2n) is 7.01. The summed E-state index contributed by atoms with van der Waals surface area (Å²) in [6.45, 7) is 0.989. The molecule has 3 heterocycles. The number of hydrogen-bond donors (Lipinski definition) is 1. The highest BCUT2D eigenvalue weighted by Crippen LogP contribution is 2.31. The molecule has 0 saturated carbocycles. The van der Waals surface area contributed by atoms with Crippen molar-refractivity contribution in [3.63, 3.8) is 0 Å². The molecule has 0 bridgehead atoms. The molecule has 1 aromatic carbocycles. The van der Waals surface area contributed by atoms with Crippen LogP contribution in [0.25, 0.3) is 10.6 Å². The number of amides is 2. The van der Waals surface area contributed by atoms with Crippen LogP contribution in [-0.4, -0.2) is 65.3 Å². The third kappa shape index (κ3) is 3.21. The van der Waals surface area contributed by atoms with E-state index in [1.807, 2.05) is 44.4 Å². The van der Waals surface area contributed by atoms with Gasteiger partial charge < -0.3 is 9.80 Å². The third-order valence-electron chi connectivity index (χ3n) is 5.01. The van der Waals surface area contributed by atoms with Crippen molar-refractivity contribution in [1.82, 2.24) is 20.1 Å². The zero-order chi connectivity index (χ0) is 19.0. The van der Waals surface area contributed by atoms with Gasteiger partial charge in [-0.05, 0) is 12.8 Å². The maximum atomic E-state index is 12.8. The van der Waals surface area contributed by atoms with E-state index >= 15 is 0 Å². The molecule has 1 N–H and O–H groups in total. The Labute approximate surface area is 161 Å². The maximum absolute atomic E-state index is 12.8. The first-order valence-corrected chi connectivity index (χ1v) is 9.75. The quantitative estimate of drug-likeness (QED) is 0.858. The molecule has 1 saturated heterocycles. The zero-order valence-corrected chi connectivity index (χ0v) is 16.1. The first kappa shape index (κ1) is 17.7. The van der Waals surface area contributed by atoms with Gasteiger partial charge in [0.25, 0.3) is 11.8 Å². The smallest absolute Gasteiger partial charge is 0.273 e. The van der Waals surface area contributed by atoms with E-state index in [1.54, 1.807) is 15.2 Å². The van der Waals surface area contributed by atoms with Gasteiger partial charge >= 0.3 is 0 Å². The molecule has 8 heteroatoms. The van der Waals surface area contributed by atoms with Crippen LogP contribution in [0.5, 0.6) is 0 Å². The van der Waals surface area contributed by atoms with Crippen molar-refractivity contribution < 1.29 is 9.59 Å². The lowest BCUT2D eigenvalue weighted by Gasteiger charge is -2.35. The first-order chi connectivity index (χ1) is 13.0. The molecule has 0 unspecified atom stereocenters. The molecule has 2 aromatic rings. The number of likely N-dealkylation sites (tertiary alicyclic amines) is 1. The highest BCUT2D eigenvalue weighted by molar-refractivity contribution is 7.13. The summed E-state index contributed by atoms with van der Waals surface area (Å²) < 4.78 is 0. The molecule has 2 amide bonds. The van der Waals surface area contributed by atoms with Crippen molar-refractivity contribution in [1.29, 1.82) is 0 Å². The normalized spacial score (nSPS) is 18.4. The van der Waals surface area contributed by atoms with Gasteiger partial charge in [0.2, 0.25) is 5.96 Å². The molecule has 7 nitrogen and oxygen atoms in total. The number of thiazole rings is 1. The number of nitrogens with zero attached hydrogens (tertiary/aromatic N) is 4. The van der Waals surface area contributed by atoms with E-state index in [4.69, 9.17) is 0 Å². The van der Waals surface area contributed by atoms with Gasteiger partial charge in [-0.15, -0.1) is 11.3 Å². The van der Waals surface area contributed by atoms with Crippen LogP contribution in [0.4, 0.5) is 0 Å². The lowest BCUT2D eigenvalue weighted by atomic mass is 9.88. The van der Waals surface area contributed by atoms with Crippen molar-refractivity contribution >= 4 is 29.1 Å². The van der Waals surface area contributed by atoms with E-state index in [-0.39, 0.29) is 11.8 Å². The number of carbonyl (C=O) groups is 2. The number of carbonyl (C=O) groups excluding carboxylic acids is 2. The number of aromatic nitrogens is 1. The number of rotatable bonds is 2. The van der Waals surface area contributed by atoms with Crippen molar-refractivity contribution in [2.45, 2.75) is 18.4 Å². The highest BCUT2D eigenvalue weighted by atomic mass is 32.1. The van der Waals surface area contributed by atoms with Crippen LogP contribution >= 0.6 is 11.3 Å². The lowest BCUT2D eigenvalue weighted by molar-refractivity contribution is -0.125. The van der Waals surface area contributed by atoms with Crippen LogP contribution in [0.1, 0.15) is 23.3 Å². The van der Waals surface area contributed by atoms with E-state index in [1.165, 1.54) is 11.3 Å². The Morgan fingerprint density at radius 1 is 1.22 bits per heavy atom. The minimum Gasteiger partial charge on any atom is -0.349 e. The largest absolute Gasteiger partial charge is 0.349 e. The van der Waals surface area contributed by atoms with E-state index < -0.39 is 5.54 Å². The second-order valence-corrected chi connectivity index (χ2v) is 7.87. The average molecular weight is 383 g/mol. The molecular weight excluding hydrogens is 362 g/mol. The summed E-state index contributed by atoms with van der Waals surface area (Å²) >= 11 is 1.47. The lowest BCUT2D eigenvalue weighted by Crippen LogP contribution is -2.50. The zero-order valence-electron chi connectivity index (χ0n) is 15.3. The Balaban J connectivity index is 1.45. The van der Waals surface area contributed by atoms with Gasteiger partial charge in [0.15, 0.2) is 0 Å². The van der Waals surface area contributed by atoms with Crippen LogP contribution in [-0.2, 0) is 4.79 Å². The number of aliphatic imine (C=N–C) groups is 1. The molecule has 1 spiro atoms. The predicted octanol–water partition coefficient (Wildman–Crippen LogP) is 1.83. The molecule has 2 aliphatic rings. The Morgan fingerprint density at radius 2 is 1.93 bits per heavy atom. The number of nitrogens with one attached hydrogen (secondary N) is 1. The van der Waals surface area contributed by atoms with Crippen molar-refractivity contribution in [3.8, 4) is 10.6 Å². The van der Waals surface area contributed by atoms with E-state index in [2.05, 4.69) is 15.3 Å². The Hall–Kier alpha value is -2.74. The fourth-order valence-corrected chi connectivity index (χ4v) is 4.18. The monoisotopic (exact) mass is 383 g/mol. The number of piperidine rings is 1.